The summed E-state index contributed by atoms with van der Waals surface area (Å²) in [6.45, 7) is 4.41. The molecule has 4 rings (SSSR count). The molecular formula is C25H32N4O6. The Kier molecular flexibility index (Phi) is 6.82. The molecule has 0 N–H and O–H groups in total. The number of hydrogen-bond donors (Lipinski definition) is 0. The van der Waals surface area contributed by atoms with Crippen molar-refractivity contribution in [2.75, 3.05) is 44.7 Å². The molecule has 2 fully saturated rings. The highest BCUT2D eigenvalue weighted by Gasteiger charge is 2.53. The summed E-state index contributed by atoms with van der Waals surface area (Å²) < 4.78 is 5.07. The van der Waals surface area contributed by atoms with Crippen LogP contribution in [0.3, 0.4) is 0 Å². The molecule has 4 amide bonds. The van der Waals surface area contributed by atoms with Crippen molar-refractivity contribution in [2.24, 2.45) is 5.92 Å². The van der Waals surface area contributed by atoms with Gasteiger partial charge in [0.15, 0.2) is 0 Å². The number of nitrogens with zero attached hydrogens (tertiary/aromatic N) is 4. The number of para-hydroxylation sites is 1. The van der Waals surface area contributed by atoms with Gasteiger partial charge in [0.2, 0.25) is 17.7 Å². The van der Waals surface area contributed by atoms with Gasteiger partial charge in [-0.1, -0.05) is 12.1 Å². The second-order valence-electron chi connectivity index (χ2n) is 9.51. The molecule has 0 aliphatic carbocycles. The molecule has 3 heterocycles. The maximum absolute atomic E-state index is 13.3. The Morgan fingerprint density at radius 1 is 1.14 bits per heavy atom. The number of ether oxygens (including phenoxy) is 1. The largest absolute Gasteiger partial charge is 0.466 e. The number of piperidine rings is 1. The third-order valence-corrected chi connectivity index (χ3v) is 7.30. The van der Waals surface area contributed by atoms with Gasteiger partial charge in [0, 0.05) is 26.6 Å². The lowest BCUT2D eigenvalue weighted by molar-refractivity contribution is -0.151. The van der Waals surface area contributed by atoms with Crippen molar-refractivity contribution in [3.63, 3.8) is 0 Å². The van der Waals surface area contributed by atoms with E-state index in [-0.39, 0.29) is 48.6 Å². The molecule has 1 aromatic carbocycles. The minimum Gasteiger partial charge on any atom is -0.466 e. The van der Waals surface area contributed by atoms with Crippen molar-refractivity contribution >= 4 is 35.3 Å². The van der Waals surface area contributed by atoms with Gasteiger partial charge in [-0.2, -0.15) is 0 Å². The van der Waals surface area contributed by atoms with Crippen LogP contribution in [-0.4, -0.2) is 89.8 Å². The van der Waals surface area contributed by atoms with Gasteiger partial charge in [0.1, 0.15) is 12.2 Å². The molecule has 188 valence electrons. The number of anilines is 1. The topological polar surface area (TPSA) is 108 Å². The quantitative estimate of drug-likeness (QED) is 0.563. The summed E-state index contributed by atoms with van der Waals surface area (Å²) in [5, 5.41) is 0. The Morgan fingerprint density at radius 2 is 1.83 bits per heavy atom. The van der Waals surface area contributed by atoms with Crippen LogP contribution in [0.1, 0.15) is 49.9 Å². The number of carbonyl (C=O) groups excluding carboxylic acids is 5. The number of esters is 1. The standard InChI is InChI=1S/C25H32N4O6/c1-4-35-24(34)17-10-13-27(14-11-17)22(32)15-26(3)21(31)16-28-23(33)18-7-5-6-8-19(18)29-20(30)9-12-25(28,29)2/h5-8,17H,4,9-16H2,1-3H3. The minimum absolute atomic E-state index is 0.0837. The summed E-state index contributed by atoms with van der Waals surface area (Å²) in [5.74, 6) is -1.41. The van der Waals surface area contributed by atoms with E-state index in [9.17, 15) is 24.0 Å². The van der Waals surface area contributed by atoms with Crippen molar-refractivity contribution in [1.82, 2.24) is 14.7 Å². The van der Waals surface area contributed by atoms with Gasteiger partial charge in [-0.15, -0.1) is 0 Å². The first-order valence-corrected chi connectivity index (χ1v) is 12.1. The van der Waals surface area contributed by atoms with E-state index in [1.54, 1.807) is 47.9 Å². The summed E-state index contributed by atoms with van der Waals surface area (Å²) in [5.41, 5.74) is 0.0232. The van der Waals surface area contributed by atoms with E-state index < -0.39 is 5.66 Å². The Labute approximate surface area is 204 Å². The summed E-state index contributed by atoms with van der Waals surface area (Å²) in [6.07, 6.45) is 1.79. The maximum atomic E-state index is 13.3. The molecule has 35 heavy (non-hydrogen) atoms. The van der Waals surface area contributed by atoms with Crippen LogP contribution in [0.5, 0.6) is 0 Å². The van der Waals surface area contributed by atoms with Gasteiger partial charge in [-0.25, -0.2) is 0 Å². The number of fused-ring (bicyclic) bond motifs is 3. The first-order valence-electron chi connectivity index (χ1n) is 12.1. The maximum Gasteiger partial charge on any atom is 0.309 e. The van der Waals surface area contributed by atoms with Gasteiger partial charge in [0.25, 0.3) is 5.91 Å². The highest BCUT2D eigenvalue weighted by molar-refractivity contribution is 6.11. The lowest BCUT2D eigenvalue weighted by Crippen LogP contribution is -2.64. The van der Waals surface area contributed by atoms with Crippen LogP contribution in [0.15, 0.2) is 24.3 Å². The third-order valence-electron chi connectivity index (χ3n) is 7.30. The Hall–Kier alpha value is -3.43. The zero-order chi connectivity index (χ0) is 25.3. The molecule has 10 heteroatoms. The molecule has 3 aliphatic heterocycles. The highest BCUT2D eigenvalue weighted by Crippen LogP contribution is 2.43. The molecule has 0 bridgehead atoms. The van der Waals surface area contributed by atoms with Crippen molar-refractivity contribution in [1.29, 1.82) is 0 Å². The average molecular weight is 485 g/mol. The molecule has 1 aromatic rings. The van der Waals surface area contributed by atoms with E-state index in [4.69, 9.17) is 4.74 Å². The van der Waals surface area contributed by atoms with E-state index in [1.165, 1.54) is 16.8 Å². The molecule has 1 unspecified atom stereocenters. The molecule has 0 aromatic heterocycles. The molecule has 0 spiro atoms. The average Bonchev–Trinajstić information content (AvgIpc) is 3.16. The van der Waals surface area contributed by atoms with Gasteiger partial charge in [-0.3, -0.25) is 28.9 Å². The van der Waals surface area contributed by atoms with E-state index in [0.29, 0.717) is 56.6 Å². The molecule has 0 saturated carbocycles. The number of rotatable bonds is 6. The molecule has 10 nitrogen and oxygen atoms in total. The van der Waals surface area contributed by atoms with Crippen molar-refractivity contribution < 1.29 is 28.7 Å². The fourth-order valence-electron chi connectivity index (χ4n) is 5.21. The Balaban J connectivity index is 1.40. The number of carbonyl (C=O) groups is 5. The van der Waals surface area contributed by atoms with Gasteiger partial charge >= 0.3 is 5.97 Å². The number of likely N-dealkylation sites (tertiary alicyclic amines) is 1. The van der Waals surface area contributed by atoms with Crippen LogP contribution < -0.4 is 4.90 Å². The summed E-state index contributed by atoms with van der Waals surface area (Å²) in [7, 11) is 1.54. The fraction of sp³-hybridized carbons (Fsp3) is 0.560. The highest BCUT2D eigenvalue weighted by atomic mass is 16.5. The lowest BCUT2D eigenvalue weighted by atomic mass is 9.97. The minimum atomic E-state index is -0.933. The summed E-state index contributed by atoms with van der Waals surface area (Å²) in [6, 6.07) is 6.93. The summed E-state index contributed by atoms with van der Waals surface area (Å²) in [4.78, 5) is 69.9. The van der Waals surface area contributed by atoms with Gasteiger partial charge in [-0.05, 0) is 45.2 Å². The zero-order valence-electron chi connectivity index (χ0n) is 20.5. The second kappa shape index (κ2) is 9.67. The Bertz CT molecular complexity index is 1050. The number of benzene rings is 1. The number of amides is 4. The van der Waals surface area contributed by atoms with Crippen molar-refractivity contribution in [2.45, 2.75) is 45.2 Å². The lowest BCUT2D eigenvalue weighted by Gasteiger charge is -2.48. The van der Waals surface area contributed by atoms with Crippen LogP contribution in [0.25, 0.3) is 0 Å². The van der Waals surface area contributed by atoms with E-state index in [0.717, 1.165) is 0 Å². The third kappa shape index (κ3) is 4.49. The van der Waals surface area contributed by atoms with Crippen molar-refractivity contribution in [3.05, 3.63) is 29.8 Å². The normalized spacial score (nSPS) is 22.1. The number of hydrogen-bond acceptors (Lipinski definition) is 6. The molecular weight excluding hydrogens is 452 g/mol. The van der Waals surface area contributed by atoms with Crippen molar-refractivity contribution in [3.8, 4) is 0 Å². The van der Waals surface area contributed by atoms with Crippen LogP contribution in [-0.2, 0) is 23.9 Å². The van der Waals surface area contributed by atoms with Crippen LogP contribution >= 0.6 is 0 Å². The van der Waals surface area contributed by atoms with Gasteiger partial charge in [0.05, 0.1) is 30.3 Å². The zero-order valence-corrected chi connectivity index (χ0v) is 20.5. The predicted octanol–water partition coefficient (Wildman–Crippen LogP) is 1.25. The smallest absolute Gasteiger partial charge is 0.309 e. The fourth-order valence-corrected chi connectivity index (χ4v) is 5.21. The van der Waals surface area contributed by atoms with E-state index in [1.807, 2.05) is 0 Å². The first-order chi connectivity index (χ1) is 16.7. The van der Waals surface area contributed by atoms with Crippen LogP contribution in [0.2, 0.25) is 0 Å². The predicted molar refractivity (Wildman–Crippen MR) is 126 cm³/mol. The SMILES string of the molecule is CCOC(=O)C1CCN(C(=O)CN(C)C(=O)CN2C(=O)c3ccccc3N3C(=O)CCC23C)CC1. The number of likely N-dealkylation sites (N-methyl/N-ethyl adjacent to an activating group) is 1. The molecule has 1 atom stereocenters. The monoisotopic (exact) mass is 484 g/mol. The van der Waals surface area contributed by atoms with Crippen LogP contribution in [0, 0.1) is 5.92 Å². The van der Waals surface area contributed by atoms with Crippen LogP contribution in [0.4, 0.5) is 5.69 Å². The molecule has 0 radical (unpaired) electrons. The Morgan fingerprint density at radius 3 is 2.51 bits per heavy atom. The summed E-state index contributed by atoms with van der Waals surface area (Å²) >= 11 is 0. The van der Waals surface area contributed by atoms with Gasteiger partial charge < -0.3 is 19.4 Å². The molecule has 3 aliphatic rings. The second-order valence-corrected chi connectivity index (χ2v) is 9.51. The van der Waals surface area contributed by atoms with E-state index in [2.05, 4.69) is 0 Å². The molecule has 2 saturated heterocycles. The van der Waals surface area contributed by atoms with E-state index >= 15 is 0 Å². The first kappa shape index (κ1) is 24.7.